The Hall–Kier alpha value is -1.68. The van der Waals surface area contributed by atoms with E-state index in [-0.39, 0.29) is 23.2 Å². The second-order valence-electron chi connectivity index (χ2n) is 9.72. The van der Waals surface area contributed by atoms with Crippen molar-refractivity contribution in [1.29, 1.82) is 0 Å². The minimum Gasteiger partial charge on any atom is -0.504 e. The maximum atomic E-state index is 10.6. The monoisotopic (exact) mass is 431 g/mol. The average Bonchev–Trinajstić information content (AvgIpc) is 3.11. The first kappa shape index (κ1) is 20.0. The molecule has 8 heteroatoms. The van der Waals surface area contributed by atoms with Crippen molar-refractivity contribution in [3.05, 3.63) is 35.4 Å². The van der Waals surface area contributed by atoms with E-state index in [0.717, 1.165) is 24.9 Å². The van der Waals surface area contributed by atoms with Gasteiger partial charge in [0, 0.05) is 22.9 Å². The molecule has 10 atom stereocenters. The quantitative estimate of drug-likeness (QED) is 0.486. The van der Waals surface area contributed by atoms with Crippen LogP contribution in [0.2, 0.25) is 0 Å². The van der Waals surface area contributed by atoms with Crippen molar-refractivity contribution in [2.24, 2.45) is 5.92 Å². The van der Waals surface area contributed by atoms with Crippen LogP contribution in [0.1, 0.15) is 24.5 Å². The van der Waals surface area contributed by atoms with Gasteiger partial charge >= 0.3 is 0 Å². The fourth-order valence-corrected chi connectivity index (χ4v) is 6.62. The van der Waals surface area contributed by atoms with Crippen LogP contribution in [-0.2, 0) is 21.3 Å². The van der Waals surface area contributed by atoms with Gasteiger partial charge in [-0.25, -0.2) is 0 Å². The highest BCUT2D eigenvalue weighted by Crippen LogP contribution is 2.62. The Morgan fingerprint density at radius 2 is 1.94 bits per heavy atom. The number of rotatable bonds is 2. The summed E-state index contributed by atoms with van der Waals surface area (Å²) >= 11 is 0. The molecule has 0 amide bonds. The summed E-state index contributed by atoms with van der Waals surface area (Å²) in [5, 5.41) is 41.2. The summed E-state index contributed by atoms with van der Waals surface area (Å²) in [4.78, 5) is 2.40. The van der Waals surface area contributed by atoms with E-state index in [9.17, 15) is 20.4 Å². The highest BCUT2D eigenvalue weighted by molar-refractivity contribution is 5.61. The third kappa shape index (κ3) is 2.52. The molecule has 31 heavy (non-hydrogen) atoms. The van der Waals surface area contributed by atoms with Crippen LogP contribution in [0.25, 0.3) is 0 Å². The van der Waals surface area contributed by atoms with Gasteiger partial charge in [-0.3, -0.25) is 0 Å². The Kier molecular flexibility index (Phi) is 4.29. The molecule has 0 saturated carbocycles. The van der Waals surface area contributed by atoms with Gasteiger partial charge in [-0.15, -0.1) is 0 Å². The van der Waals surface area contributed by atoms with Gasteiger partial charge in [0.2, 0.25) is 0 Å². The molecule has 2 bridgehead atoms. The zero-order chi connectivity index (χ0) is 21.7. The number of likely N-dealkylation sites (tertiary alicyclic amines) is 1. The smallest absolute Gasteiger partial charge is 0.187 e. The van der Waals surface area contributed by atoms with E-state index in [0.29, 0.717) is 11.8 Å². The van der Waals surface area contributed by atoms with Crippen LogP contribution < -0.4 is 4.74 Å². The molecule has 2 saturated heterocycles. The normalized spacial score (nSPS) is 47.7. The van der Waals surface area contributed by atoms with Crippen molar-refractivity contribution in [2.75, 3.05) is 13.6 Å². The number of phenols is 1. The zero-order valence-electron chi connectivity index (χ0n) is 17.6. The molecule has 6 rings (SSSR count). The lowest BCUT2D eigenvalue weighted by atomic mass is 9.53. The van der Waals surface area contributed by atoms with E-state index in [2.05, 4.69) is 18.0 Å². The Bertz CT molecular complexity index is 937. The lowest BCUT2D eigenvalue weighted by Gasteiger charge is -2.57. The standard InChI is InChI=1S/C23H29NO7/c1-10-17(26)18(27)19(28)22(29-10)30-15-6-4-12-13-9-11-3-5-14(25)20-16(11)23(12,21(15)31-20)7-8-24(13)2/h3-6,10,12-13,15,17-19,21-22,25-28H,7-9H2,1-2H3/t10-,12+,13-,15+,17-,18+,19-,21+,22+,23+/m1/s1. The predicted molar refractivity (Wildman–Crippen MR) is 109 cm³/mol. The molecule has 3 heterocycles. The second kappa shape index (κ2) is 6.66. The largest absolute Gasteiger partial charge is 0.504 e. The number of hydrogen-bond donors (Lipinski definition) is 4. The third-order valence-corrected chi connectivity index (χ3v) is 8.23. The van der Waals surface area contributed by atoms with Gasteiger partial charge in [0.1, 0.15) is 30.5 Å². The topological polar surface area (TPSA) is 112 Å². The number of phenolic OH excluding ortho intramolecular Hbond substituents is 1. The second-order valence-corrected chi connectivity index (χ2v) is 9.72. The lowest BCUT2D eigenvalue weighted by Crippen LogP contribution is -2.66. The molecule has 168 valence electrons. The highest BCUT2D eigenvalue weighted by Gasteiger charge is 2.65. The molecule has 3 aliphatic heterocycles. The maximum absolute atomic E-state index is 10.6. The van der Waals surface area contributed by atoms with Gasteiger partial charge in [0.05, 0.1) is 6.10 Å². The van der Waals surface area contributed by atoms with Gasteiger partial charge in [0.25, 0.3) is 0 Å². The van der Waals surface area contributed by atoms with Crippen molar-refractivity contribution in [2.45, 2.75) is 74.1 Å². The van der Waals surface area contributed by atoms with Crippen LogP contribution in [0.15, 0.2) is 24.3 Å². The van der Waals surface area contributed by atoms with E-state index in [1.54, 1.807) is 13.0 Å². The Morgan fingerprint density at radius 3 is 2.74 bits per heavy atom. The number of ether oxygens (including phenoxy) is 3. The summed E-state index contributed by atoms with van der Waals surface area (Å²) in [7, 11) is 2.16. The molecule has 1 spiro atoms. The number of likely N-dealkylation sites (N-methyl/N-ethyl adjacent to an activating group) is 1. The van der Waals surface area contributed by atoms with Gasteiger partial charge in [0.15, 0.2) is 17.8 Å². The van der Waals surface area contributed by atoms with Crippen LogP contribution in [0.4, 0.5) is 0 Å². The van der Waals surface area contributed by atoms with Crippen molar-refractivity contribution in [3.8, 4) is 11.5 Å². The molecule has 2 aliphatic carbocycles. The minimum atomic E-state index is -1.38. The first-order valence-electron chi connectivity index (χ1n) is 11.1. The molecule has 1 aromatic rings. The minimum absolute atomic E-state index is 0.138. The van der Waals surface area contributed by atoms with Gasteiger partial charge in [-0.05, 0) is 45.0 Å². The fraction of sp³-hybridized carbons (Fsp3) is 0.652. The number of aliphatic hydroxyl groups excluding tert-OH is 3. The van der Waals surface area contributed by atoms with E-state index in [4.69, 9.17) is 14.2 Å². The highest BCUT2D eigenvalue weighted by atomic mass is 16.7. The summed E-state index contributed by atoms with van der Waals surface area (Å²) < 4.78 is 18.3. The number of benzene rings is 1. The fourth-order valence-electron chi connectivity index (χ4n) is 6.62. The number of aromatic hydroxyl groups is 1. The lowest BCUT2D eigenvalue weighted by molar-refractivity contribution is -0.307. The number of piperidine rings is 1. The zero-order valence-corrected chi connectivity index (χ0v) is 17.6. The summed E-state index contributed by atoms with van der Waals surface area (Å²) in [6, 6.07) is 4.05. The molecule has 0 radical (unpaired) electrons. The van der Waals surface area contributed by atoms with Crippen LogP contribution >= 0.6 is 0 Å². The molecule has 2 fully saturated rings. The first-order valence-corrected chi connectivity index (χ1v) is 11.1. The average molecular weight is 431 g/mol. The number of nitrogens with zero attached hydrogens (tertiary/aromatic N) is 1. The summed E-state index contributed by atoms with van der Waals surface area (Å²) in [6.45, 7) is 2.55. The summed E-state index contributed by atoms with van der Waals surface area (Å²) in [5.74, 6) is 0.912. The Labute approximate surface area is 180 Å². The molecule has 1 aromatic carbocycles. The number of hydrogen-bond acceptors (Lipinski definition) is 8. The van der Waals surface area contributed by atoms with E-state index < -0.39 is 36.8 Å². The van der Waals surface area contributed by atoms with Crippen molar-refractivity contribution in [3.63, 3.8) is 0 Å². The molecule has 0 unspecified atom stereocenters. The number of aliphatic hydroxyl groups is 3. The first-order chi connectivity index (χ1) is 14.8. The van der Waals surface area contributed by atoms with Gasteiger partial charge in [-0.1, -0.05) is 18.2 Å². The molecular formula is C23H29NO7. The molecule has 0 aromatic heterocycles. The van der Waals surface area contributed by atoms with Crippen LogP contribution in [0.5, 0.6) is 11.5 Å². The van der Waals surface area contributed by atoms with Crippen LogP contribution in [-0.4, -0.2) is 87.9 Å². The van der Waals surface area contributed by atoms with Gasteiger partial charge in [-0.2, -0.15) is 0 Å². The van der Waals surface area contributed by atoms with Crippen molar-refractivity contribution in [1.82, 2.24) is 4.90 Å². The third-order valence-electron chi connectivity index (χ3n) is 8.23. The van der Waals surface area contributed by atoms with Gasteiger partial charge < -0.3 is 39.5 Å². The SMILES string of the molecule is C[C@H]1O[C@@H](O[C@H]2C=C[C@H]3[C@H]4Cc5ccc(O)c6c5[C@@]3(CCN4C)[C@H]2O6)[C@H](O)[C@@H](O)[C@@H]1O. The molecular weight excluding hydrogens is 402 g/mol. The molecule has 4 N–H and O–H groups in total. The van der Waals surface area contributed by atoms with Crippen molar-refractivity contribution >= 4 is 0 Å². The van der Waals surface area contributed by atoms with E-state index >= 15 is 0 Å². The van der Waals surface area contributed by atoms with Crippen LogP contribution in [0, 0.1) is 5.92 Å². The van der Waals surface area contributed by atoms with E-state index in [1.165, 1.54) is 5.56 Å². The Morgan fingerprint density at radius 1 is 1.13 bits per heavy atom. The van der Waals surface area contributed by atoms with E-state index in [1.807, 2.05) is 12.1 Å². The molecule has 5 aliphatic rings. The maximum Gasteiger partial charge on any atom is 0.187 e. The summed E-state index contributed by atoms with van der Waals surface area (Å²) in [6.07, 6.45) is -0.668. The predicted octanol–water partition coefficient (Wildman–Crippen LogP) is 0.0499. The molecule has 8 nitrogen and oxygen atoms in total. The summed E-state index contributed by atoms with van der Waals surface area (Å²) in [5.41, 5.74) is 1.98. The van der Waals surface area contributed by atoms with Crippen LogP contribution in [0.3, 0.4) is 0 Å². The Balaban J connectivity index is 1.40. The van der Waals surface area contributed by atoms with Crippen molar-refractivity contribution < 1.29 is 34.6 Å².